The number of carbonyl (C=O) groups excluding carboxylic acids is 1. The van der Waals surface area contributed by atoms with Crippen molar-refractivity contribution in [1.29, 1.82) is 0 Å². The van der Waals surface area contributed by atoms with Crippen LogP contribution in [-0.4, -0.2) is 29.4 Å². The van der Waals surface area contributed by atoms with Crippen LogP contribution < -0.4 is 11.1 Å². The lowest BCUT2D eigenvalue weighted by Gasteiger charge is -2.30. The molecule has 19 heavy (non-hydrogen) atoms. The maximum atomic E-state index is 13.6. The first-order valence-electron chi connectivity index (χ1n) is 6.48. The van der Waals surface area contributed by atoms with Crippen molar-refractivity contribution in [2.24, 2.45) is 0 Å². The van der Waals surface area contributed by atoms with Crippen LogP contribution in [-0.2, 0) is 4.79 Å². The molecule has 1 atom stereocenters. The Morgan fingerprint density at radius 3 is 2.58 bits per heavy atom. The number of likely N-dealkylation sites (N-methyl/N-ethyl adjacent to an activating group) is 1. The number of nitrogens with zero attached hydrogens (tertiary/aromatic N) is 1. The lowest BCUT2D eigenvalue weighted by Crippen LogP contribution is -2.45. The molecule has 4 nitrogen and oxygen atoms in total. The molecule has 0 aliphatic rings. The molecule has 0 heterocycles. The molecule has 1 aromatic rings. The van der Waals surface area contributed by atoms with Crippen molar-refractivity contribution in [3.63, 3.8) is 0 Å². The molecule has 1 rings (SSSR count). The van der Waals surface area contributed by atoms with Crippen LogP contribution in [0.25, 0.3) is 0 Å². The average Bonchev–Trinajstić information content (AvgIpc) is 2.34. The molecule has 1 amide bonds. The van der Waals surface area contributed by atoms with Crippen LogP contribution in [0.4, 0.5) is 15.8 Å². The Labute approximate surface area is 113 Å². The summed E-state index contributed by atoms with van der Waals surface area (Å²) >= 11 is 0. The second-order valence-corrected chi connectivity index (χ2v) is 4.83. The number of carbonyl (C=O) groups is 1. The van der Waals surface area contributed by atoms with Crippen molar-refractivity contribution in [2.75, 3.05) is 17.6 Å². The summed E-state index contributed by atoms with van der Waals surface area (Å²) in [6.07, 6.45) is 0. The van der Waals surface area contributed by atoms with E-state index in [4.69, 9.17) is 5.73 Å². The van der Waals surface area contributed by atoms with Gasteiger partial charge in [0.2, 0.25) is 5.91 Å². The third kappa shape index (κ3) is 3.92. The minimum absolute atomic E-state index is 0.122. The fourth-order valence-electron chi connectivity index (χ4n) is 2.11. The van der Waals surface area contributed by atoms with Gasteiger partial charge in [0, 0.05) is 11.7 Å². The van der Waals surface area contributed by atoms with Crippen LogP contribution in [0.1, 0.15) is 27.7 Å². The molecule has 1 unspecified atom stereocenters. The Kier molecular flexibility index (Phi) is 5.30. The molecule has 0 aliphatic carbocycles. The van der Waals surface area contributed by atoms with Gasteiger partial charge in [0.1, 0.15) is 5.82 Å². The number of anilines is 2. The third-order valence-electron chi connectivity index (χ3n) is 3.15. The van der Waals surface area contributed by atoms with Gasteiger partial charge in [-0.05, 0) is 45.5 Å². The Morgan fingerprint density at radius 2 is 2.05 bits per heavy atom. The van der Waals surface area contributed by atoms with Gasteiger partial charge in [-0.2, -0.15) is 0 Å². The van der Waals surface area contributed by atoms with Crippen molar-refractivity contribution < 1.29 is 9.18 Å². The largest absolute Gasteiger partial charge is 0.399 e. The van der Waals surface area contributed by atoms with E-state index in [9.17, 15) is 9.18 Å². The lowest BCUT2D eigenvalue weighted by molar-refractivity contribution is -0.121. The Morgan fingerprint density at radius 1 is 1.42 bits per heavy atom. The highest BCUT2D eigenvalue weighted by Crippen LogP contribution is 2.18. The van der Waals surface area contributed by atoms with Crippen LogP contribution in [0, 0.1) is 5.82 Å². The summed E-state index contributed by atoms with van der Waals surface area (Å²) in [5.74, 6) is -0.720. The molecule has 0 saturated heterocycles. The molecular weight excluding hydrogens is 245 g/mol. The molecule has 0 aromatic heterocycles. The zero-order chi connectivity index (χ0) is 14.6. The summed E-state index contributed by atoms with van der Waals surface area (Å²) in [7, 11) is 0. The zero-order valence-corrected chi connectivity index (χ0v) is 11.9. The normalized spacial score (nSPS) is 12.8. The molecule has 0 aliphatic heterocycles. The predicted octanol–water partition coefficient (Wildman–Crippen LogP) is 2.47. The van der Waals surface area contributed by atoms with Gasteiger partial charge >= 0.3 is 0 Å². The molecule has 0 saturated carbocycles. The average molecular weight is 267 g/mol. The molecule has 3 N–H and O–H groups in total. The quantitative estimate of drug-likeness (QED) is 0.806. The second kappa shape index (κ2) is 6.52. The number of nitrogens with one attached hydrogen (secondary N) is 1. The van der Waals surface area contributed by atoms with Crippen LogP contribution >= 0.6 is 0 Å². The van der Waals surface area contributed by atoms with E-state index in [1.165, 1.54) is 18.2 Å². The van der Waals surface area contributed by atoms with Crippen LogP contribution in [0.5, 0.6) is 0 Å². The summed E-state index contributed by atoms with van der Waals surface area (Å²) in [5.41, 5.74) is 6.12. The fourth-order valence-corrected chi connectivity index (χ4v) is 2.11. The number of amides is 1. The summed E-state index contributed by atoms with van der Waals surface area (Å²) in [4.78, 5) is 14.1. The van der Waals surface area contributed by atoms with Gasteiger partial charge in [-0.15, -0.1) is 0 Å². The number of hydrogen-bond donors (Lipinski definition) is 2. The number of nitrogen functional groups attached to an aromatic ring is 1. The molecule has 0 fully saturated rings. The zero-order valence-electron chi connectivity index (χ0n) is 11.9. The summed E-state index contributed by atoms with van der Waals surface area (Å²) in [6, 6.07) is 4.05. The molecular formula is C14H22FN3O. The number of nitrogens with two attached hydrogens (primary N) is 1. The Bertz CT molecular complexity index is 448. The van der Waals surface area contributed by atoms with Gasteiger partial charge in [-0.1, -0.05) is 6.92 Å². The fraction of sp³-hybridized carbons (Fsp3) is 0.500. The molecule has 1 aromatic carbocycles. The van der Waals surface area contributed by atoms with Gasteiger partial charge in [0.25, 0.3) is 0 Å². The summed E-state index contributed by atoms with van der Waals surface area (Å²) in [5, 5.41) is 2.58. The monoisotopic (exact) mass is 267 g/mol. The van der Waals surface area contributed by atoms with E-state index in [1.807, 2.05) is 32.6 Å². The van der Waals surface area contributed by atoms with Crippen molar-refractivity contribution in [1.82, 2.24) is 4.90 Å². The number of rotatable bonds is 5. The topological polar surface area (TPSA) is 58.4 Å². The van der Waals surface area contributed by atoms with E-state index < -0.39 is 5.82 Å². The van der Waals surface area contributed by atoms with Crippen LogP contribution in [0.15, 0.2) is 18.2 Å². The second-order valence-electron chi connectivity index (χ2n) is 4.83. The van der Waals surface area contributed by atoms with E-state index in [2.05, 4.69) is 5.32 Å². The van der Waals surface area contributed by atoms with Crippen molar-refractivity contribution >= 4 is 17.3 Å². The van der Waals surface area contributed by atoms with Crippen molar-refractivity contribution in [3.8, 4) is 0 Å². The van der Waals surface area contributed by atoms with E-state index in [0.717, 1.165) is 6.54 Å². The predicted molar refractivity (Wildman–Crippen MR) is 76.4 cm³/mol. The minimum atomic E-state index is -0.484. The highest BCUT2D eigenvalue weighted by Gasteiger charge is 2.22. The van der Waals surface area contributed by atoms with Gasteiger partial charge in [0.15, 0.2) is 0 Å². The van der Waals surface area contributed by atoms with E-state index in [1.54, 1.807) is 0 Å². The van der Waals surface area contributed by atoms with E-state index in [0.29, 0.717) is 5.69 Å². The first-order valence-corrected chi connectivity index (χ1v) is 6.48. The van der Waals surface area contributed by atoms with Gasteiger partial charge in [0.05, 0.1) is 11.7 Å². The number of halogens is 1. The smallest absolute Gasteiger partial charge is 0.241 e. The minimum Gasteiger partial charge on any atom is -0.399 e. The highest BCUT2D eigenvalue weighted by molar-refractivity contribution is 5.95. The standard InChI is InChI=1S/C14H22FN3O/c1-5-18(9(2)3)10(4)14(19)17-13-8-11(16)6-7-12(13)15/h6-10H,5,16H2,1-4H3,(H,17,19). The van der Waals surface area contributed by atoms with Gasteiger partial charge in [-0.25, -0.2) is 4.39 Å². The molecule has 106 valence electrons. The first kappa shape index (κ1) is 15.4. The van der Waals surface area contributed by atoms with Gasteiger partial charge in [-0.3, -0.25) is 9.69 Å². The molecule has 5 heteroatoms. The van der Waals surface area contributed by atoms with Gasteiger partial charge < -0.3 is 11.1 Å². The molecule has 0 radical (unpaired) electrons. The number of benzene rings is 1. The summed E-state index contributed by atoms with van der Waals surface area (Å²) < 4.78 is 13.6. The SMILES string of the molecule is CCN(C(C)C)C(C)C(=O)Nc1cc(N)ccc1F. The molecule has 0 bridgehead atoms. The first-order chi connectivity index (χ1) is 8.86. The maximum absolute atomic E-state index is 13.6. The Balaban J connectivity index is 2.81. The Hall–Kier alpha value is -1.62. The van der Waals surface area contributed by atoms with Crippen LogP contribution in [0.2, 0.25) is 0 Å². The third-order valence-corrected chi connectivity index (χ3v) is 3.15. The highest BCUT2D eigenvalue weighted by atomic mass is 19.1. The van der Waals surface area contributed by atoms with E-state index in [-0.39, 0.29) is 23.7 Å². The number of hydrogen-bond acceptors (Lipinski definition) is 3. The lowest BCUT2D eigenvalue weighted by atomic mass is 10.2. The maximum Gasteiger partial charge on any atom is 0.241 e. The van der Waals surface area contributed by atoms with Crippen molar-refractivity contribution in [2.45, 2.75) is 39.8 Å². The van der Waals surface area contributed by atoms with Crippen molar-refractivity contribution in [3.05, 3.63) is 24.0 Å². The summed E-state index contributed by atoms with van der Waals surface area (Å²) in [6.45, 7) is 8.60. The van der Waals surface area contributed by atoms with E-state index >= 15 is 0 Å². The van der Waals surface area contributed by atoms with Crippen LogP contribution in [0.3, 0.4) is 0 Å². The molecule has 0 spiro atoms.